The Labute approximate surface area is 146 Å². The van der Waals surface area contributed by atoms with E-state index in [0.717, 1.165) is 58.1 Å². The van der Waals surface area contributed by atoms with E-state index in [1.807, 2.05) is 0 Å². The summed E-state index contributed by atoms with van der Waals surface area (Å²) in [7, 11) is -2.82. The summed E-state index contributed by atoms with van der Waals surface area (Å²) in [6.45, 7) is 9.58. The molecule has 6 nitrogen and oxygen atoms in total. The maximum absolute atomic E-state index is 11.6. The van der Waals surface area contributed by atoms with Crippen LogP contribution in [0.3, 0.4) is 0 Å². The summed E-state index contributed by atoms with van der Waals surface area (Å²) in [5.41, 5.74) is 0.303. The van der Waals surface area contributed by atoms with Gasteiger partial charge in [-0.25, -0.2) is 8.42 Å². The quantitative estimate of drug-likeness (QED) is 0.603. The number of aliphatic imine (C=N–C) groups is 1. The Morgan fingerprint density at radius 3 is 2.88 bits per heavy atom. The van der Waals surface area contributed by atoms with E-state index in [0.29, 0.717) is 29.4 Å². The van der Waals surface area contributed by atoms with Crippen molar-refractivity contribution in [1.29, 1.82) is 0 Å². The molecule has 0 amide bonds. The van der Waals surface area contributed by atoms with Crippen molar-refractivity contribution in [3.8, 4) is 0 Å². The minimum Gasteiger partial charge on any atom is -0.381 e. The number of nitrogens with zero attached hydrogens (tertiary/aromatic N) is 2. The van der Waals surface area contributed by atoms with E-state index < -0.39 is 9.84 Å². The number of guanidine groups is 1. The van der Waals surface area contributed by atoms with E-state index in [1.165, 1.54) is 0 Å². The van der Waals surface area contributed by atoms with Crippen LogP contribution in [-0.2, 0) is 14.6 Å². The molecule has 3 aliphatic heterocycles. The zero-order valence-electron chi connectivity index (χ0n) is 15.0. The van der Waals surface area contributed by atoms with Crippen molar-refractivity contribution < 1.29 is 13.2 Å². The van der Waals surface area contributed by atoms with Gasteiger partial charge in [0.05, 0.1) is 18.1 Å². The van der Waals surface area contributed by atoms with Crippen LogP contribution in [0.25, 0.3) is 0 Å². The molecule has 3 fully saturated rings. The number of hydrogen-bond donors (Lipinski definition) is 1. The van der Waals surface area contributed by atoms with Gasteiger partial charge in [0.15, 0.2) is 15.8 Å². The monoisotopic (exact) mass is 357 g/mol. The second-order valence-corrected chi connectivity index (χ2v) is 10.4. The highest BCUT2D eigenvalue weighted by Crippen LogP contribution is 2.38. The molecular formula is C17H31N3O3S. The first kappa shape index (κ1) is 18.0. The molecule has 2 atom stereocenters. The molecule has 0 aromatic carbocycles. The summed E-state index contributed by atoms with van der Waals surface area (Å²) >= 11 is 0. The van der Waals surface area contributed by atoms with Gasteiger partial charge in [-0.3, -0.25) is 4.99 Å². The fourth-order valence-corrected chi connectivity index (χ4v) is 5.75. The summed E-state index contributed by atoms with van der Waals surface area (Å²) < 4.78 is 28.9. The van der Waals surface area contributed by atoms with Gasteiger partial charge in [-0.1, -0.05) is 13.8 Å². The van der Waals surface area contributed by atoms with Crippen LogP contribution >= 0.6 is 0 Å². The van der Waals surface area contributed by atoms with Crippen LogP contribution in [0.5, 0.6) is 0 Å². The lowest BCUT2D eigenvalue weighted by molar-refractivity contribution is 0.156. The third-order valence-corrected chi connectivity index (χ3v) is 7.24. The highest BCUT2D eigenvalue weighted by Gasteiger charge is 2.42. The van der Waals surface area contributed by atoms with Gasteiger partial charge in [-0.05, 0) is 31.1 Å². The normalized spacial score (nSPS) is 33.0. The number of nitrogens with one attached hydrogen (secondary N) is 1. The molecule has 3 saturated heterocycles. The van der Waals surface area contributed by atoms with Crippen molar-refractivity contribution in [2.45, 2.75) is 33.1 Å². The lowest BCUT2D eigenvalue weighted by Crippen LogP contribution is -2.43. The summed E-state index contributed by atoms with van der Waals surface area (Å²) in [5, 5.41) is 3.47. The number of hydrogen-bond acceptors (Lipinski definition) is 4. The average Bonchev–Trinajstić information content (AvgIpc) is 3.22. The van der Waals surface area contributed by atoms with Gasteiger partial charge < -0.3 is 15.0 Å². The molecule has 0 saturated carbocycles. The molecule has 3 aliphatic rings. The predicted octanol–water partition coefficient (Wildman–Crippen LogP) is 1.14. The highest BCUT2D eigenvalue weighted by molar-refractivity contribution is 7.91. The van der Waals surface area contributed by atoms with Gasteiger partial charge in [0.1, 0.15) is 0 Å². The Balaban J connectivity index is 1.60. The number of likely N-dealkylation sites (tertiary alicyclic amines) is 1. The fraction of sp³-hybridized carbons (Fsp3) is 0.941. The Kier molecular flexibility index (Phi) is 5.39. The van der Waals surface area contributed by atoms with Crippen molar-refractivity contribution in [2.24, 2.45) is 22.2 Å². The average molecular weight is 358 g/mol. The van der Waals surface area contributed by atoms with E-state index in [2.05, 4.69) is 24.1 Å². The molecule has 0 radical (unpaired) electrons. The van der Waals surface area contributed by atoms with Crippen molar-refractivity contribution in [1.82, 2.24) is 10.2 Å². The Hall–Kier alpha value is -0.820. The molecule has 138 valence electrons. The zero-order valence-corrected chi connectivity index (χ0v) is 15.8. The molecule has 1 N–H and O–H groups in total. The van der Waals surface area contributed by atoms with E-state index >= 15 is 0 Å². The van der Waals surface area contributed by atoms with E-state index in [4.69, 9.17) is 9.73 Å². The fourth-order valence-electron chi connectivity index (χ4n) is 3.89. The predicted molar refractivity (Wildman–Crippen MR) is 96.0 cm³/mol. The van der Waals surface area contributed by atoms with Crippen molar-refractivity contribution in [3.63, 3.8) is 0 Å². The van der Waals surface area contributed by atoms with Crippen LogP contribution in [0.15, 0.2) is 4.99 Å². The van der Waals surface area contributed by atoms with Crippen LogP contribution in [0, 0.1) is 17.3 Å². The molecule has 0 bridgehead atoms. The molecule has 24 heavy (non-hydrogen) atoms. The molecule has 7 heteroatoms. The van der Waals surface area contributed by atoms with Crippen molar-refractivity contribution >= 4 is 15.8 Å². The van der Waals surface area contributed by atoms with E-state index in [-0.39, 0.29) is 5.92 Å². The van der Waals surface area contributed by atoms with Gasteiger partial charge in [0, 0.05) is 38.2 Å². The first-order valence-corrected chi connectivity index (χ1v) is 11.0. The Morgan fingerprint density at radius 2 is 2.25 bits per heavy atom. The maximum atomic E-state index is 11.6. The Morgan fingerprint density at radius 1 is 1.42 bits per heavy atom. The van der Waals surface area contributed by atoms with Gasteiger partial charge in [0.25, 0.3) is 0 Å². The summed E-state index contributed by atoms with van der Waals surface area (Å²) in [6, 6.07) is 0. The van der Waals surface area contributed by atoms with Crippen LogP contribution in [0.2, 0.25) is 0 Å². The smallest absolute Gasteiger partial charge is 0.193 e. The molecular weight excluding hydrogens is 326 g/mol. The van der Waals surface area contributed by atoms with Crippen LogP contribution < -0.4 is 5.32 Å². The second kappa shape index (κ2) is 7.20. The molecule has 0 aliphatic carbocycles. The van der Waals surface area contributed by atoms with Gasteiger partial charge in [0.2, 0.25) is 0 Å². The first-order valence-electron chi connectivity index (χ1n) is 9.19. The summed E-state index contributed by atoms with van der Waals surface area (Å²) in [5.74, 6) is 2.33. The molecule has 3 rings (SSSR count). The molecule has 2 unspecified atom stereocenters. The number of sulfone groups is 1. The van der Waals surface area contributed by atoms with Gasteiger partial charge >= 0.3 is 0 Å². The molecule has 1 spiro atoms. The first-order chi connectivity index (χ1) is 11.4. The van der Waals surface area contributed by atoms with Gasteiger partial charge in [-0.15, -0.1) is 0 Å². The van der Waals surface area contributed by atoms with Gasteiger partial charge in [-0.2, -0.15) is 0 Å². The Bertz CT molecular complexity index is 568. The van der Waals surface area contributed by atoms with Crippen LogP contribution in [-0.4, -0.2) is 70.2 Å². The summed E-state index contributed by atoms with van der Waals surface area (Å²) in [4.78, 5) is 7.15. The molecule has 3 heterocycles. The third-order valence-electron chi connectivity index (χ3n) is 5.40. The topological polar surface area (TPSA) is 71.0 Å². The lowest BCUT2D eigenvalue weighted by atomic mass is 9.87. The van der Waals surface area contributed by atoms with Crippen molar-refractivity contribution in [3.05, 3.63) is 0 Å². The molecule has 0 aromatic heterocycles. The maximum Gasteiger partial charge on any atom is 0.193 e. The number of rotatable bonds is 4. The summed E-state index contributed by atoms with van der Waals surface area (Å²) in [6.07, 6.45) is 3.07. The number of ether oxygens (including phenoxy) is 1. The lowest BCUT2D eigenvalue weighted by Gasteiger charge is -2.26. The van der Waals surface area contributed by atoms with E-state index in [1.54, 1.807) is 0 Å². The SMILES string of the molecule is CC(C)CN=C(NCC1CCS(=O)(=O)C1)N1CCC2(CCOC2)C1. The molecule has 0 aromatic rings. The minimum absolute atomic E-state index is 0.214. The van der Waals surface area contributed by atoms with E-state index in [9.17, 15) is 8.42 Å². The third kappa shape index (κ3) is 4.42. The second-order valence-electron chi connectivity index (χ2n) is 8.18. The standard InChI is InChI=1S/C17H31N3O3S/c1-14(2)9-18-16(19-10-15-3-8-24(21,22)11-15)20-6-4-17(12-20)5-7-23-13-17/h14-15H,3-13H2,1-2H3,(H,18,19). The van der Waals surface area contributed by atoms with Crippen LogP contribution in [0.1, 0.15) is 33.1 Å². The largest absolute Gasteiger partial charge is 0.381 e. The minimum atomic E-state index is -2.82. The van der Waals surface area contributed by atoms with Crippen LogP contribution in [0.4, 0.5) is 0 Å². The highest BCUT2D eigenvalue weighted by atomic mass is 32.2. The van der Waals surface area contributed by atoms with Crippen molar-refractivity contribution in [2.75, 3.05) is 50.9 Å². The zero-order chi connectivity index (χ0) is 17.2.